The van der Waals surface area contributed by atoms with Crippen LogP contribution in [0, 0.1) is 0 Å². The molecule has 0 saturated carbocycles. The second-order valence-corrected chi connectivity index (χ2v) is 6.29. The van der Waals surface area contributed by atoms with Gasteiger partial charge in [0.2, 0.25) is 0 Å². The van der Waals surface area contributed by atoms with Crippen molar-refractivity contribution in [3.63, 3.8) is 0 Å². The van der Waals surface area contributed by atoms with Crippen molar-refractivity contribution in [2.24, 2.45) is 0 Å². The second-order valence-electron chi connectivity index (χ2n) is 5.77. The maximum absolute atomic E-state index is 6.62. The first-order valence-electron chi connectivity index (χ1n) is 7.77. The molecule has 0 aliphatic carbocycles. The Labute approximate surface area is 139 Å². The lowest BCUT2D eigenvalue weighted by Crippen LogP contribution is -2.26. The van der Waals surface area contributed by atoms with Gasteiger partial charge < -0.3 is 4.90 Å². The standard InChI is InChI=1S/C19H25ClN2/c1-4-22(14-16-8-6-5-7-9-16)15-19(20)17-10-12-18(13-11-17)21(2)3/h5-13,19H,4,14-15H2,1-3H3. The Morgan fingerprint density at radius 3 is 2.14 bits per heavy atom. The molecule has 3 heteroatoms. The van der Waals surface area contributed by atoms with Gasteiger partial charge in [-0.15, -0.1) is 11.6 Å². The number of rotatable bonds is 7. The molecule has 0 amide bonds. The van der Waals surface area contributed by atoms with Crippen LogP contribution in [0.3, 0.4) is 0 Å². The highest BCUT2D eigenvalue weighted by atomic mass is 35.5. The first kappa shape index (κ1) is 16.9. The molecule has 0 aliphatic rings. The van der Waals surface area contributed by atoms with Crippen molar-refractivity contribution in [3.8, 4) is 0 Å². The maximum Gasteiger partial charge on any atom is 0.0712 e. The van der Waals surface area contributed by atoms with Crippen LogP contribution in [0.4, 0.5) is 5.69 Å². The fourth-order valence-electron chi connectivity index (χ4n) is 2.46. The molecule has 0 N–H and O–H groups in total. The van der Waals surface area contributed by atoms with Gasteiger partial charge in [0.25, 0.3) is 0 Å². The average molecular weight is 317 g/mol. The van der Waals surface area contributed by atoms with E-state index in [1.165, 1.54) is 16.8 Å². The first-order valence-corrected chi connectivity index (χ1v) is 8.21. The molecule has 0 saturated heterocycles. The van der Waals surface area contributed by atoms with E-state index in [0.717, 1.165) is 19.6 Å². The van der Waals surface area contributed by atoms with Crippen molar-refractivity contribution < 1.29 is 0 Å². The summed E-state index contributed by atoms with van der Waals surface area (Å²) in [4.78, 5) is 4.48. The van der Waals surface area contributed by atoms with Gasteiger partial charge in [-0.25, -0.2) is 0 Å². The smallest absolute Gasteiger partial charge is 0.0712 e. The van der Waals surface area contributed by atoms with Crippen LogP contribution in [-0.2, 0) is 6.54 Å². The molecule has 2 aromatic rings. The lowest BCUT2D eigenvalue weighted by atomic mass is 10.1. The molecule has 0 aromatic heterocycles. The van der Waals surface area contributed by atoms with Crippen LogP contribution < -0.4 is 4.90 Å². The van der Waals surface area contributed by atoms with Gasteiger partial charge >= 0.3 is 0 Å². The van der Waals surface area contributed by atoms with Crippen LogP contribution in [0.5, 0.6) is 0 Å². The van der Waals surface area contributed by atoms with Gasteiger partial charge in [0.05, 0.1) is 5.38 Å². The SMILES string of the molecule is CCN(Cc1ccccc1)CC(Cl)c1ccc(N(C)C)cc1. The highest BCUT2D eigenvalue weighted by Gasteiger charge is 2.13. The Kier molecular flexibility index (Phi) is 6.29. The van der Waals surface area contributed by atoms with Crippen molar-refractivity contribution >= 4 is 17.3 Å². The minimum atomic E-state index is 0.0138. The predicted molar refractivity (Wildman–Crippen MR) is 96.8 cm³/mol. The Morgan fingerprint density at radius 2 is 1.59 bits per heavy atom. The molecular formula is C19H25ClN2. The summed E-state index contributed by atoms with van der Waals surface area (Å²) in [5.41, 5.74) is 3.71. The van der Waals surface area contributed by atoms with Crippen molar-refractivity contribution in [2.45, 2.75) is 18.8 Å². The Hall–Kier alpha value is -1.51. The quantitative estimate of drug-likeness (QED) is 0.691. The predicted octanol–water partition coefficient (Wildman–Crippen LogP) is 4.55. The van der Waals surface area contributed by atoms with E-state index in [0.29, 0.717) is 0 Å². The van der Waals surface area contributed by atoms with Crippen molar-refractivity contribution in [1.29, 1.82) is 0 Å². The summed E-state index contributed by atoms with van der Waals surface area (Å²) in [6.07, 6.45) is 0. The van der Waals surface area contributed by atoms with E-state index in [1.807, 2.05) is 14.1 Å². The number of hydrogen-bond donors (Lipinski definition) is 0. The molecule has 2 nitrogen and oxygen atoms in total. The molecule has 0 bridgehead atoms. The van der Waals surface area contributed by atoms with Gasteiger partial charge in [0, 0.05) is 32.9 Å². The summed E-state index contributed by atoms with van der Waals surface area (Å²) in [5, 5.41) is 0.0138. The Morgan fingerprint density at radius 1 is 0.955 bits per heavy atom. The number of nitrogens with zero attached hydrogens (tertiary/aromatic N) is 2. The molecule has 0 aliphatic heterocycles. The molecule has 118 valence electrons. The zero-order valence-electron chi connectivity index (χ0n) is 13.7. The molecule has 0 radical (unpaired) electrons. The second kappa shape index (κ2) is 8.21. The van der Waals surface area contributed by atoms with Gasteiger partial charge in [0.15, 0.2) is 0 Å². The molecule has 0 spiro atoms. The van der Waals surface area contributed by atoms with Gasteiger partial charge in [-0.3, -0.25) is 4.90 Å². The van der Waals surface area contributed by atoms with Gasteiger partial charge in [0.1, 0.15) is 0 Å². The molecule has 1 unspecified atom stereocenters. The fraction of sp³-hybridized carbons (Fsp3) is 0.368. The third-order valence-electron chi connectivity index (χ3n) is 3.89. The summed E-state index contributed by atoms with van der Waals surface area (Å²) >= 11 is 6.62. The summed E-state index contributed by atoms with van der Waals surface area (Å²) < 4.78 is 0. The average Bonchev–Trinajstić information content (AvgIpc) is 2.55. The van der Waals surface area contributed by atoms with E-state index in [-0.39, 0.29) is 5.38 Å². The van der Waals surface area contributed by atoms with Crippen LogP contribution in [0.2, 0.25) is 0 Å². The first-order chi connectivity index (χ1) is 10.6. The molecule has 1 atom stereocenters. The Bertz CT molecular complexity index is 551. The van der Waals surface area contributed by atoms with Crippen LogP contribution in [0.1, 0.15) is 23.4 Å². The molecule has 22 heavy (non-hydrogen) atoms. The van der Waals surface area contributed by atoms with Gasteiger partial charge in [-0.1, -0.05) is 49.4 Å². The summed E-state index contributed by atoms with van der Waals surface area (Å²) in [6.45, 7) is 4.97. The largest absolute Gasteiger partial charge is 0.378 e. The number of benzene rings is 2. The minimum Gasteiger partial charge on any atom is -0.378 e. The molecule has 0 heterocycles. The lowest BCUT2D eigenvalue weighted by molar-refractivity contribution is 0.280. The topological polar surface area (TPSA) is 6.48 Å². The van der Waals surface area contributed by atoms with Crippen LogP contribution in [-0.4, -0.2) is 32.1 Å². The van der Waals surface area contributed by atoms with Crippen LogP contribution in [0.25, 0.3) is 0 Å². The minimum absolute atomic E-state index is 0.0138. The monoisotopic (exact) mass is 316 g/mol. The Balaban J connectivity index is 1.98. The zero-order chi connectivity index (χ0) is 15.9. The molecule has 2 aromatic carbocycles. The summed E-state index contributed by atoms with van der Waals surface area (Å²) in [5.74, 6) is 0. The van der Waals surface area contributed by atoms with E-state index in [9.17, 15) is 0 Å². The highest BCUT2D eigenvalue weighted by molar-refractivity contribution is 6.21. The fourth-order valence-corrected chi connectivity index (χ4v) is 2.80. The number of hydrogen-bond acceptors (Lipinski definition) is 2. The summed E-state index contributed by atoms with van der Waals surface area (Å²) in [7, 11) is 4.09. The van der Waals surface area contributed by atoms with E-state index in [1.54, 1.807) is 0 Å². The number of likely N-dealkylation sites (N-methyl/N-ethyl adjacent to an activating group) is 1. The maximum atomic E-state index is 6.62. The molecular weight excluding hydrogens is 292 g/mol. The van der Waals surface area contributed by atoms with Gasteiger partial charge in [-0.2, -0.15) is 0 Å². The van der Waals surface area contributed by atoms with Crippen molar-refractivity contribution in [3.05, 3.63) is 65.7 Å². The number of alkyl halides is 1. The van der Waals surface area contributed by atoms with Crippen LogP contribution in [0.15, 0.2) is 54.6 Å². The number of halogens is 1. The van der Waals surface area contributed by atoms with Crippen molar-refractivity contribution in [2.75, 3.05) is 32.1 Å². The third kappa shape index (κ3) is 4.75. The van der Waals surface area contributed by atoms with Crippen molar-refractivity contribution in [1.82, 2.24) is 4.90 Å². The zero-order valence-corrected chi connectivity index (χ0v) is 14.4. The third-order valence-corrected chi connectivity index (χ3v) is 4.28. The van der Waals surface area contributed by atoms with Gasteiger partial charge in [-0.05, 0) is 29.8 Å². The van der Waals surface area contributed by atoms with E-state index < -0.39 is 0 Å². The van der Waals surface area contributed by atoms with E-state index in [2.05, 4.69) is 71.3 Å². The molecule has 2 rings (SSSR count). The highest BCUT2D eigenvalue weighted by Crippen LogP contribution is 2.24. The molecule has 0 fully saturated rings. The van der Waals surface area contributed by atoms with E-state index >= 15 is 0 Å². The van der Waals surface area contributed by atoms with E-state index in [4.69, 9.17) is 11.6 Å². The number of anilines is 1. The summed E-state index contributed by atoms with van der Waals surface area (Å²) in [6, 6.07) is 19.1. The lowest BCUT2D eigenvalue weighted by Gasteiger charge is -2.24. The van der Waals surface area contributed by atoms with Crippen LogP contribution >= 0.6 is 11.6 Å². The normalized spacial score (nSPS) is 12.4.